The SMILES string of the molecule is CCc1ccc2nc(C(=O)OC)cc(NC)c2c1. The van der Waals surface area contributed by atoms with Gasteiger partial charge in [0.15, 0.2) is 5.69 Å². The molecule has 2 rings (SSSR count). The van der Waals surface area contributed by atoms with Gasteiger partial charge < -0.3 is 10.1 Å². The number of fused-ring (bicyclic) bond motifs is 1. The maximum Gasteiger partial charge on any atom is 0.356 e. The molecule has 1 N–H and O–H groups in total. The number of anilines is 1. The number of aromatic nitrogens is 1. The van der Waals surface area contributed by atoms with Gasteiger partial charge in [-0.2, -0.15) is 0 Å². The summed E-state index contributed by atoms with van der Waals surface area (Å²) in [5.41, 5.74) is 3.24. The van der Waals surface area contributed by atoms with E-state index in [4.69, 9.17) is 4.74 Å². The lowest BCUT2D eigenvalue weighted by Gasteiger charge is -2.09. The van der Waals surface area contributed by atoms with E-state index < -0.39 is 5.97 Å². The zero-order valence-corrected chi connectivity index (χ0v) is 10.8. The molecule has 0 aliphatic rings. The molecule has 0 saturated heterocycles. The molecule has 0 amide bonds. The lowest BCUT2D eigenvalue weighted by molar-refractivity contribution is 0.0594. The summed E-state index contributed by atoms with van der Waals surface area (Å²) in [4.78, 5) is 15.9. The fraction of sp³-hybridized carbons (Fsp3) is 0.286. The Labute approximate surface area is 106 Å². The van der Waals surface area contributed by atoms with Crippen LogP contribution in [0.15, 0.2) is 24.3 Å². The molecule has 1 heterocycles. The summed E-state index contributed by atoms with van der Waals surface area (Å²) < 4.78 is 4.70. The van der Waals surface area contributed by atoms with Gasteiger partial charge in [-0.15, -0.1) is 0 Å². The van der Waals surface area contributed by atoms with Crippen LogP contribution >= 0.6 is 0 Å². The number of methoxy groups -OCH3 is 1. The van der Waals surface area contributed by atoms with Crippen molar-refractivity contribution in [3.63, 3.8) is 0 Å². The minimum Gasteiger partial charge on any atom is -0.464 e. The highest BCUT2D eigenvalue weighted by molar-refractivity contribution is 5.97. The van der Waals surface area contributed by atoms with Gasteiger partial charge in [-0.3, -0.25) is 0 Å². The third-order valence-electron chi connectivity index (χ3n) is 2.95. The van der Waals surface area contributed by atoms with Crippen molar-refractivity contribution in [3.05, 3.63) is 35.5 Å². The Morgan fingerprint density at radius 3 is 2.78 bits per heavy atom. The summed E-state index contributed by atoms with van der Waals surface area (Å²) in [6, 6.07) is 7.76. The molecule has 94 valence electrons. The number of aryl methyl sites for hydroxylation is 1. The van der Waals surface area contributed by atoms with Crippen LogP contribution in [-0.4, -0.2) is 25.1 Å². The molecule has 0 aliphatic heterocycles. The third kappa shape index (κ3) is 2.14. The molecule has 0 fully saturated rings. The van der Waals surface area contributed by atoms with Crippen LogP contribution in [0.2, 0.25) is 0 Å². The number of carbonyl (C=O) groups is 1. The van der Waals surface area contributed by atoms with Gasteiger partial charge in [-0.05, 0) is 30.2 Å². The maximum atomic E-state index is 11.5. The van der Waals surface area contributed by atoms with E-state index in [9.17, 15) is 4.79 Å². The van der Waals surface area contributed by atoms with Crippen molar-refractivity contribution in [2.24, 2.45) is 0 Å². The number of ether oxygens (including phenoxy) is 1. The van der Waals surface area contributed by atoms with Crippen molar-refractivity contribution in [1.82, 2.24) is 4.98 Å². The Morgan fingerprint density at radius 1 is 1.39 bits per heavy atom. The van der Waals surface area contributed by atoms with Crippen molar-refractivity contribution >= 4 is 22.6 Å². The van der Waals surface area contributed by atoms with Crippen LogP contribution in [-0.2, 0) is 11.2 Å². The van der Waals surface area contributed by atoms with Gasteiger partial charge in [0.1, 0.15) is 0 Å². The fourth-order valence-electron chi connectivity index (χ4n) is 1.91. The second kappa shape index (κ2) is 5.04. The summed E-state index contributed by atoms with van der Waals surface area (Å²) in [5, 5.41) is 4.11. The van der Waals surface area contributed by atoms with Crippen molar-refractivity contribution < 1.29 is 9.53 Å². The molecule has 18 heavy (non-hydrogen) atoms. The van der Waals surface area contributed by atoms with E-state index in [1.807, 2.05) is 19.2 Å². The Morgan fingerprint density at radius 2 is 2.17 bits per heavy atom. The number of benzene rings is 1. The number of hydrogen-bond donors (Lipinski definition) is 1. The molecule has 0 radical (unpaired) electrons. The largest absolute Gasteiger partial charge is 0.464 e. The zero-order chi connectivity index (χ0) is 13.1. The second-order valence-corrected chi connectivity index (χ2v) is 4.00. The summed E-state index contributed by atoms with van der Waals surface area (Å²) in [6.45, 7) is 2.11. The molecule has 0 bridgehead atoms. The molecule has 0 atom stereocenters. The van der Waals surface area contributed by atoms with E-state index in [1.165, 1.54) is 12.7 Å². The number of carbonyl (C=O) groups excluding carboxylic acids is 1. The Bertz CT molecular complexity index is 594. The molecule has 0 aliphatic carbocycles. The van der Waals surface area contributed by atoms with E-state index in [1.54, 1.807) is 6.07 Å². The fourth-order valence-corrected chi connectivity index (χ4v) is 1.91. The zero-order valence-electron chi connectivity index (χ0n) is 10.8. The number of nitrogens with one attached hydrogen (secondary N) is 1. The predicted octanol–water partition coefficient (Wildman–Crippen LogP) is 2.63. The van der Waals surface area contributed by atoms with Gasteiger partial charge in [0.25, 0.3) is 0 Å². The minimum atomic E-state index is -0.423. The number of pyridine rings is 1. The van der Waals surface area contributed by atoms with Crippen LogP contribution in [0.25, 0.3) is 10.9 Å². The maximum absolute atomic E-state index is 11.5. The number of rotatable bonds is 3. The van der Waals surface area contributed by atoms with E-state index in [-0.39, 0.29) is 0 Å². The highest BCUT2D eigenvalue weighted by Crippen LogP contribution is 2.24. The monoisotopic (exact) mass is 244 g/mol. The van der Waals surface area contributed by atoms with Gasteiger partial charge in [-0.1, -0.05) is 13.0 Å². The Kier molecular flexibility index (Phi) is 3.46. The van der Waals surface area contributed by atoms with Crippen LogP contribution in [0.5, 0.6) is 0 Å². The third-order valence-corrected chi connectivity index (χ3v) is 2.95. The van der Waals surface area contributed by atoms with Crippen molar-refractivity contribution in [2.45, 2.75) is 13.3 Å². The standard InChI is InChI=1S/C14H16N2O2/c1-4-9-5-6-11-10(7-9)12(15-2)8-13(16-11)14(17)18-3/h5-8H,4H2,1-3H3,(H,15,16). The molecule has 4 heteroatoms. The minimum absolute atomic E-state index is 0.318. The topological polar surface area (TPSA) is 51.2 Å². The Balaban J connectivity index is 2.66. The Hall–Kier alpha value is -2.10. The molecule has 0 spiro atoms. The van der Waals surface area contributed by atoms with Gasteiger partial charge in [0.05, 0.1) is 12.6 Å². The molecule has 2 aromatic rings. The smallest absolute Gasteiger partial charge is 0.356 e. The summed E-state index contributed by atoms with van der Waals surface area (Å²) in [5.74, 6) is -0.423. The highest BCUT2D eigenvalue weighted by atomic mass is 16.5. The van der Waals surface area contributed by atoms with E-state index >= 15 is 0 Å². The summed E-state index contributed by atoms with van der Waals surface area (Å²) in [7, 11) is 3.18. The lowest BCUT2D eigenvalue weighted by Crippen LogP contribution is -2.06. The van der Waals surface area contributed by atoms with Gasteiger partial charge in [0.2, 0.25) is 0 Å². The summed E-state index contributed by atoms with van der Waals surface area (Å²) >= 11 is 0. The molecular weight excluding hydrogens is 228 g/mol. The second-order valence-electron chi connectivity index (χ2n) is 4.00. The van der Waals surface area contributed by atoms with Crippen molar-refractivity contribution in [3.8, 4) is 0 Å². The first kappa shape index (κ1) is 12.4. The molecule has 4 nitrogen and oxygen atoms in total. The van der Waals surface area contributed by atoms with Crippen molar-refractivity contribution in [1.29, 1.82) is 0 Å². The average molecular weight is 244 g/mol. The first-order valence-corrected chi connectivity index (χ1v) is 5.89. The van der Waals surface area contributed by atoms with Crippen LogP contribution in [0, 0.1) is 0 Å². The van der Waals surface area contributed by atoms with Crippen LogP contribution in [0.1, 0.15) is 23.0 Å². The quantitative estimate of drug-likeness (QED) is 0.843. The van der Waals surface area contributed by atoms with Crippen molar-refractivity contribution in [2.75, 3.05) is 19.5 Å². The van der Waals surface area contributed by atoms with E-state index in [2.05, 4.69) is 23.3 Å². The van der Waals surface area contributed by atoms with Gasteiger partial charge in [-0.25, -0.2) is 9.78 Å². The molecule has 1 aromatic heterocycles. The molecule has 1 aromatic carbocycles. The molecule has 0 saturated carbocycles. The lowest BCUT2D eigenvalue weighted by atomic mass is 10.1. The number of nitrogens with zero attached hydrogens (tertiary/aromatic N) is 1. The number of hydrogen-bond acceptors (Lipinski definition) is 4. The predicted molar refractivity (Wildman–Crippen MR) is 72.0 cm³/mol. The first-order chi connectivity index (χ1) is 8.69. The van der Waals surface area contributed by atoms with Crippen LogP contribution in [0.3, 0.4) is 0 Å². The van der Waals surface area contributed by atoms with E-state index in [0.717, 1.165) is 23.0 Å². The van der Waals surface area contributed by atoms with Gasteiger partial charge >= 0.3 is 5.97 Å². The van der Waals surface area contributed by atoms with E-state index in [0.29, 0.717) is 5.69 Å². The average Bonchev–Trinajstić information content (AvgIpc) is 2.44. The first-order valence-electron chi connectivity index (χ1n) is 5.89. The normalized spacial score (nSPS) is 10.4. The molecular formula is C14H16N2O2. The van der Waals surface area contributed by atoms with Crippen LogP contribution < -0.4 is 5.32 Å². The molecule has 0 unspecified atom stereocenters. The highest BCUT2D eigenvalue weighted by Gasteiger charge is 2.11. The van der Waals surface area contributed by atoms with Gasteiger partial charge in [0, 0.05) is 18.1 Å². The van der Waals surface area contributed by atoms with Crippen LogP contribution in [0.4, 0.5) is 5.69 Å². The summed E-state index contributed by atoms with van der Waals surface area (Å²) in [6.07, 6.45) is 0.970. The number of esters is 1.